The minimum atomic E-state index is 0.602. The van der Waals surface area contributed by atoms with Crippen molar-refractivity contribution in [3.8, 4) is 0 Å². The van der Waals surface area contributed by atoms with Gasteiger partial charge in [0.1, 0.15) is 22.2 Å². The minimum Gasteiger partial charge on any atom is -0.361 e. The van der Waals surface area contributed by atoms with Crippen molar-refractivity contribution in [2.75, 3.05) is 11.9 Å². The van der Waals surface area contributed by atoms with Crippen molar-refractivity contribution in [3.05, 3.63) is 33.8 Å². The van der Waals surface area contributed by atoms with Crippen LogP contribution in [0.15, 0.2) is 9.90 Å². The zero-order valence-electron chi connectivity index (χ0n) is 15.2. The van der Waals surface area contributed by atoms with E-state index in [1.165, 1.54) is 10.9 Å². The predicted octanol–water partition coefficient (Wildman–Crippen LogP) is 4.44. The van der Waals surface area contributed by atoms with Crippen molar-refractivity contribution in [2.45, 2.75) is 47.6 Å². The number of fused-ring (bicyclic) bond motifs is 1. The smallest absolute Gasteiger partial charge is 0.141 e. The molecule has 0 saturated heterocycles. The largest absolute Gasteiger partial charge is 0.361 e. The van der Waals surface area contributed by atoms with Crippen molar-refractivity contribution in [3.63, 3.8) is 0 Å². The maximum absolute atomic E-state index is 5.30. The Labute approximate surface area is 146 Å². The first-order chi connectivity index (χ1) is 11.4. The third-order valence-corrected chi connectivity index (χ3v) is 5.09. The maximum Gasteiger partial charge on any atom is 0.141 e. The standard InChI is InChI=1S/C18H24N4OS/c1-10(2)7-14-9-24-18-16(14)17(19-13(5)20-18)22(6)8-15-11(3)21-23-12(15)4/h9-10H,7-8H2,1-6H3. The van der Waals surface area contributed by atoms with Crippen molar-refractivity contribution in [1.82, 2.24) is 15.1 Å². The minimum absolute atomic E-state index is 0.602. The van der Waals surface area contributed by atoms with Gasteiger partial charge in [-0.25, -0.2) is 9.97 Å². The lowest BCUT2D eigenvalue weighted by atomic mass is 10.0. The van der Waals surface area contributed by atoms with Gasteiger partial charge in [-0.1, -0.05) is 19.0 Å². The van der Waals surface area contributed by atoms with Gasteiger partial charge in [-0.2, -0.15) is 0 Å². The molecule has 3 heterocycles. The van der Waals surface area contributed by atoms with Crippen LogP contribution in [-0.4, -0.2) is 22.2 Å². The number of nitrogens with zero attached hydrogens (tertiary/aromatic N) is 4. The lowest BCUT2D eigenvalue weighted by Crippen LogP contribution is -2.19. The zero-order chi connectivity index (χ0) is 17.4. The fourth-order valence-corrected chi connectivity index (χ4v) is 3.98. The van der Waals surface area contributed by atoms with E-state index in [1.807, 2.05) is 20.8 Å². The monoisotopic (exact) mass is 344 g/mol. The molecule has 3 rings (SSSR count). The van der Waals surface area contributed by atoms with E-state index in [9.17, 15) is 0 Å². The number of rotatable bonds is 5. The first-order valence-corrected chi connectivity index (χ1v) is 9.12. The molecule has 24 heavy (non-hydrogen) atoms. The van der Waals surface area contributed by atoms with Crippen LogP contribution in [0.1, 0.15) is 42.3 Å². The van der Waals surface area contributed by atoms with Crippen LogP contribution in [0.25, 0.3) is 10.2 Å². The Hall–Kier alpha value is -1.95. The van der Waals surface area contributed by atoms with Gasteiger partial charge in [0, 0.05) is 19.2 Å². The van der Waals surface area contributed by atoms with Crippen LogP contribution >= 0.6 is 11.3 Å². The van der Waals surface area contributed by atoms with Gasteiger partial charge in [0.05, 0.1) is 11.1 Å². The highest BCUT2D eigenvalue weighted by Gasteiger charge is 2.19. The van der Waals surface area contributed by atoms with E-state index in [-0.39, 0.29) is 0 Å². The van der Waals surface area contributed by atoms with Crippen molar-refractivity contribution in [2.24, 2.45) is 5.92 Å². The Morgan fingerprint density at radius 3 is 2.58 bits per heavy atom. The summed E-state index contributed by atoms with van der Waals surface area (Å²) in [4.78, 5) is 12.6. The average Bonchev–Trinajstić information content (AvgIpc) is 3.04. The third kappa shape index (κ3) is 3.15. The van der Waals surface area contributed by atoms with Gasteiger partial charge in [-0.3, -0.25) is 0 Å². The number of hydrogen-bond donors (Lipinski definition) is 0. The van der Waals surface area contributed by atoms with Gasteiger partial charge in [-0.15, -0.1) is 11.3 Å². The summed E-state index contributed by atoms with van der Waals surface area (Å²) in [5.41, 5.74) is 3.40. The molecule has 0 unspecified atom stereocenters. The van der Waals surface area contributed by atoms with E-state index < -0.39 is 0 Å². The molecule has 0 amide bonds. The summed E-state index contributed by atoms with van der Waals surface area (Å²) in [6, 6.07) is 0. The van der Waals surface area contributed by atoms with E-state index in [1.54, 1.807) is 11.3 Å². The number of anilines is 1. The van der Waals surface area contributed by atoms with Gasteiger partial charge in [0.15, 0.2) is 0 Å². The number of thiophene rings is 1. The molecule has 3 aromatic rings. The van der Waals surface area contributed by atoms with E-state index in [2.05, 4.69) is 41.3 Å². The summed E-state index contributed by atoms with van der Waals surface area (Å²) < 4.78 is 5.30. The second-order valence-corrected chi connectivity index (χ2v) is 7.65. The topological polar surface area (TPSA) is 55.1 Å². The second-order valence-electron chi connectivity index (χ2n) is 6.79. The fraction of sp³-hybridized carbons (Fsp3) is 0.500. The summed E-state index contributed by atoms with van der Waals surface area (Å²) in [6.45, 7) is 11.1. The molecule has 0 aliphatic rings. The van der Waals surface area contributed by atoms with E-state index in [4.69, 9.17) is 9.51 Å². The summed E-state index contributed by atoms with van der Waals surface area (Å²) in [5.74, 6) is 3.27. The van der Waals surface area contributed by atoms with Crippen LogP contribution in [0.2, 0.25) is 0 Å². The molecule has 6 heteroatoms. The van der Waals surface area contributed by atoms with Gasteiger partial charge in [-0.05, 0) is 44.1 Å². The molecule has 5 nitrogen and oxygen atoms in total. The maximum atomic E-state index is 5.30. The molecule has 0 radical (unpaired) electrons. The lowest BCUT2D eigenvalue weighted by Gasteiger charge is -2.20. The van der Waals surface area contributed by atoms with E-state index >= 15 is 0 Å². The SMILES string of the molecule is Cc1nc(N(C)Cc2c(C)noc2C)c2c(CC(C)C)csc2n1. The quantitative estimate of drug-likeness (QED) is 0.685. The highest BCUT2D eigenvalue weighted by molar-refractivity contribution is 7.17. The number of aromatic nitrogens is 3. The summed E-state index contributed by atoms with van der Waals surface area (Å²) in [7, 11) is 2.07. The van der Waals surface area contributed by atoms with Gasteiger partial charge < -0.3 is 9.42 Å². The van der Waals surface area contributed by atoms with Crippen molar-refractivity contribution < 1.29 is 4.52 Å². The molecule has 0 saturated carbocycles. The van der Waals surface area contributed by atoms with Crippen molar-refractivity contribution in [1.29, 1.82) is 0 Å². The zero-order valence-corrected chi connectivity index (χ0v) is 16.0. The van der Waals surface area contributed by atoms with E-state index in [0.717, 1.165) is 46.5 Å². The van der Waals surface area contributed by atoms with Crippen molar-refractivity contribution >= 4 is 27.4 Å². The Kier molecular flexibility index (Phi) is 4.58. The Bertz CT molecular complexity index is 846. The first-order valence-electron chi connectivity index (χ1n) is 8.24. The molecule has 0 N–H and O–H groups in total. The van der Waals surface area contributed by atoms with Crippen LogP contribution in [0.5, 0.6) is 0 Å². The molecular formula is C18H24N4OS. The molecule has 0 bridgehead atoms. The highest BCUT2D eigenvalue weighted by atomic mass is 32.1. The van der Waals surface area contributed by atoms with E-state index in [0.29, 0.717) is 5.92 Å². The molecule has 3 aromatic heterocycles. The van der Waals surface area contributed by atoms with Crippen LogP contribution in [0.4, 0.5) is 5.82 Å². The second kappa shape index (κ2) is 6.51. The fourth-order valence-electron chi connectivity index (χ4n) is 2.99. The highest BCUT2D eigenvalue weighted by Crippen LogP contribution is 2.34. The predicted molar refractivity (Wildman–Crippen MR) is 98.8 cm³/mol. The summed E-state index contributed by atoms with van der Waals surface area (Å²) in [6.07, 6.45) is 1.04. The molecular weight excluding hydrogens is 320 g/mol. The molecule has 0 spiro atoms. The molecule has 0 fully saturated rings. The average molecular weight is 344 g/mol. The van der Waals surface area contributed by atoms with Gasteiger partial charge in [0.2, 0.25) is 0 Å². The Balaban J connectivity index is 2.05. The van der Waals surface area contributed by atoms with Crippen LogP contribution in [0, 0.1) is 26.7 Å². The van der Waals surface area contributed by atoms with Crippen LogP contribution in [-0.2, 0) is 13.0 Å². The lowest BCUT2D eigenvalue weighted by molar-refractivity contribution is 0.392. The molecule has 0 aliphatic heterocycles. The molecule has 0 atom stereocenters. The Morgan fingerprint density at radius 1 is 1.21 bits per heavy atom. The molecule has 128 valence electrons. The molecule has 0 aromatic carbocycles. The number of aryl methyl sites for hydroxylation is 3. The Morgan fingerprint density at radius 2 is 1.96 bits per heavy atom. The van der Waals surface area contributed by atoms with Crippen LogP contribution < -0.4 is 4.90 Å². The third-order valence-electron chi connectivity index (χ3n) is 4.17. The molecule has 0 aliphatic carbocycles. The van der Waals surface area contributed by atoms with Crippen LogP contribution in [0.3, 0.4) is 0 Å². The normalized spacial score (nSPS) is 11.6. The number of hydrogen-bond acceptors (Lipinski definition) is 6. The van der Waals surface area contributed by atoms with Gasteiger partial charge >= 0.3 is 0 Å². The summed E-state index contributed by atoms with van der Waals surface area (Å²) in [5, 5.41) is 7.47. The van der Waals surface area contributed by atoms with Gasteiger partial charge in [0.25, 0.3) is 0 Å². The summed E-state index contributed by atoms with van der Waals surface area (Å²) >= 11 is 1.71. The first kappa shape index (κ1) is 16.9.